The summed E-state index contributed by atoms with van der Waals surface area (Å²) in [4.78, 5) is 19.1. The van der Waals surface area contributed by atoms with Gasteiger partial charge in [-0.25, -0.2) is 0 Å². The van der Waals surface area contributed by atoms with Gasteiger partial charge in [0.05, 0.1) is 5.92 Å². The van der Waals surface area contributed by atoms with Crippen LogP contribution in [-0.4, -0.2) is 22.8 Å². The van der Waals surface area contributed by atoms with Gasteiger partial charge in [0.15, 0.2) is 0 Å². The zero-order valence-electron chi connectivity index (χ0n) is 14.7. The quantitative estimate of drug-likeness (QED) is 0.634. The number of benzene rings is 2. The van der Waals surface area contributed by atoms with E-state index in [1.165, 1.54) is 0 Å². The maximum atomic E-state index is 13.2. The molecule has 3 aromatic rings. The number of hydrogen-bond acceptors (Lipinski definition) is 2. The van der Waals surface area contributed by atoms with Gasteiger partial charge in [0.2, 0.25) is 5.91 Å². The van der Waals surface area contributed by atoms with Crippen LogP contribution in [0.25, 0.3) is 0 Å². The molecule has 0 radical (unpaired) electrons. The number of carbonyl (C=O) groups is 1. The number of rotatable bonds is 6. The van der Waals surface area contributed by atoms with E-state index in [0.717, 1.165) is 16.7 Å². The lowest BCUT2D eigenvalue weighted by molar-refractivity contribution is -0.132. The van der Waals surface area contributed by atoms with Crippen LogP contribution < -0.4 is 0 Å². The van der Waals surface area contributed by atoms with Crippen molar-refractivity contribution in [1.29, 1.82) is 0 Å². The van der Waals surface area contributed by atoms with Crippen molar-refractivity contribution in [2.24, 2.45) is 0 Å². The smallest absolute Gasteiger partial charge is 0.230 e. The maximum absolute atomic E-state index is 13.2. The first-order valence-electron chi connectivity index (χ1n) is 8.57. The zero-order chi connectivity index (χ0) is 18.4. The third-order valence-corrected chi connectivity index (χ3v) is 4.65. The highest BCUT2D eigenvalue weighted by molar-refractivity contribution is 6.30. The molecule has 3 rings (SSSR count). The van der Waals surface area contributed by atoms with Crippen molar-refractivity contribution in [1.82, 2.24) is 9.88 Å². The summed E-state index contributed by atoms with van der Waals surface area (Å²) in [6, 6.07) is 21.5. The Labute approximate surface area is 159 Å². The largest absolute Gasteiger partial charge is 0.341 e. The van der Waals surface area contributed by atoms with Crippen LogP contribution in [-0.2, 0) is 17.8 Å². The van der Waals surface area contributed by atoms with E-state index in [-0.39, 0.29) is 11.8 Å². The number of hydrogen-bond donors (Lipinski definition) is 0. The highest BCUT2D eigenvalue weighted by Gasteiger charge is 2.24. The molecule has 1 aromatic heterocycles. The molecule has 0 fully saturated rings. The molecule has 1 amide bonds. The third-order valence-electron chi connectivity index (χ3n) is 4.40. The molecule has 0 aliphatic rings. The monoisotopic (exact) mass is 364 g/mol. The molecular formula is C22H21ClN2O. The number of likely N-dealkylation sites (N-methyl/N-ethyl adjacent to an activating group) is 1. The molecule has 3 nitrogen and oxygen atoms in total. The summed E-state index contributed by atoms with van der Waals surface area (Å²) in [5.74, 6) is -0.170. The second-order valence-corrected chi connectivity index (χ2v) is 6.78. The van der Waals surface area contributed by atoms with Gasteiger partial charge in [0, 0.05) is 31.0 Å². The lowest BCUT2D eigenvalue weighted by Crippen LogP contribution is -2.32. The van der Waals surface area contributed by atoms with Crippen LogP contribution in [0.5, 0.6) is 0 Å². The van der Waals surface area contributed by atoms with Crippen molar-refractivity contribution in [3.63, 3.8) is 0 Å². The Kier molecular flexibility index (Phi) is 6.03. The lowest BCUT2D eigenvalue weighted by Gasteiger charge is -2.24. The topological polar surface area (TPSA) is 33.2 Å². The molecule has 2 aromatic carbocycles. The summed E-state index contributed by atoms with van der Waals surface area (Å²) in [5, 5.41) is 0.668. The van der Waals surface area contributed by atoms with Crippen molar-refractivity contribution in [2.45, 2.75) is 18.9 Å². The van der Waals surface area contributed by atoms with Gasteiger partial charge in [-0.1, -0.05) is 54.1 Å². The standard InChI is InChI=1S/C22H21ClN2O/c1-25(16-18-5-3-2-4-6-18)22(26)21(15-17-11-13-24-14-12-17)19-7-9-20(23)10-8-19/h2-14,21H,15-16H2,1H3. The highest BCUT2D eigenvalue weighted by Crippen LogP contribution is 2.25. The molecule has 132 valence electrons. The Bertz CT molecular complexity index is 835. The van der Waals surface area contributed by atoms with Gasteiger partial charge < -0.3 is 4.90 Å². The Hall–Kier alpha value is -2.65. The van der Waals surface area contributed by atoms with Crippen molar-refractivity contribution in [2.75, 3.05) is 7.05 Å². The molecule has 0 bridgehead atoms. The number of amides is 1. The second-order valence-electron chi connectivity index (χ2n) is 6.34. The zero-order valence-corrected chi connectivity index (χ0v) is 15.4. The summed E-state index contributed by atoms with van der Waals surface area (Å²) in [7, 11) is 1.85. The average Bonchev–Trinajstić information content (AvgIpc) is 2.68. The molecule has 1 atom stereocenters. The number of carbonyl (C=O) groups excluding carboxylic acids is 1. The first-order chi connectivity index (χ1) is 12.6. The van der Waals surface area contributed by atoms with E-state index in [1.807, 2.05) is 73.8 Å². The first kappa shape index (κ1) is 18.2. The van der Waals surface area contributed by atoms with Gasteiger partial charge in [0.1, 0.15) is 0 Å². The van der Waals surface area contributed by atoms with Crippen LogP contribution in [0, 0.1) is 0 Å². The van der Waals surface area contributed by atoms with Crippen LogP contribution in [0.1, 0.15) is 22.6 Å². The van der Waals surface area contributed by atoms with Crippen LogP contribution in [0.3, 0.4) is 0 Å². The van der Waals surface area contributed by atoms with Gasteiger partial charge >= 0.3 is 0 Å². The van der Waals surface area contributed by atoms with Crippen molar-refractivity contribution in [3.8, 4) is 0 Å². The van der Waals surface area contributed by atoms with Gasteiger partial charge in [-0.05, 0) is 47.4 Å². The molecule has 0 aliphatic carbocycles. The minimum atomic E-state index is -0.261. The van der Waals surface area contributed by atoms with E-state index in [1.54, 1.807) is 17.3 Å². The molecular weight excluding hydrogens is 344 g/mol. The van der Waals surface area contributed by atoms with Crippen LogP contribution in [0.4, 0.5) is 0 Å². The van der Waals surface area contributed by atoms with E-state index in [2.05, 4.69) is 4.98 Å². The highest BCUT2D eigenvalue weighted by atomic mass is 35.5. The molecule has 4 heteroatoms. The van der Waals surface area contributed by atoms with E-state index in [0.29, 0.717) is 18.0 Å². The molecule has 0 spiro atoms. The Morgan fingerprint density at radius 2 is 1.62 bits per heavy atom. The number of pyridine rings is 1. The number of nitrogens with zero attached hydrogens (tertiary/aromatic N) is 2. The normalized spacial score (nSPS) is 11.8. The van der Waals surface area contributed by atoms with E-state index in [4.69, 9.17) is 11.6 Å². The minimum Gasteiger partial charge on any atom is -0.341 e. The Morgan fingerprint density at radius 3 is 2.27 bits per heavy atom. The predicted octanol–water partition coefficient (Wildman–Crippen LogP) is 4.72. The molecule has 0 saturated heterocycles. The molecule has 1 heterocycles. The van der Waals surface area contributed by atoms with E-state index in [9.17, 15) is 4.79 Å². The lowest BCUT2D eigenvalue weighted by atomic mass is 9.91. The fourth-order valence-electron chi connectivity index (χ4n) is 3.00. The Morgan fingerprint density at radius 1 is 0.962 bits per heavy atom. The third kappa shape index (κ3) is 4.70. The number of halogens is 1. The summed E-state index contributed by atoms with van der Waals surface area (Å²) in [6.45, 7) is 0.583. The van der Waals surface area contributed by atoms with Crippen LogP contribution in [0.15, 0.2) is 79.1 Å². The minimum absolute atomic E-state index is 0.0907. The second kappa shape index (κ2) is 8.63. The van der Waals surface area contributed by atoms with E-state index >= 15 is 0 Å². The summed E-state index contributed by atoms with van der Waals surface area (Å²) < 4.78 is 0. The molecule has 1 unspecified atom stereocenters. The predicted molar refractivity (Wildman–Crippen MR) is 105 cm³/mol. The van der Waals surface area contributed by atoms with Gasteiger partial charge in [-0.3, -0.25) is 9.78 Å². The van der Waals surface area contributed by atoms with Gasteiger partial charge in [0.25, 0.3) is 0 Å². The SMILES string of the molecule is CN(Cc1ccccc1)C(=O)C(Cc1ccncc1)c1ccc(Cl)cc1. The van der Waals surface area contributed by atoms with Crippen molar-refractivity contribution >= 4 is 17.5 Å². The van der Waals surface area contributed by atoms with Gasteiger partial charge in [-0.2, -0.15) is 0 Å². The molecule has 0 saturated carbocycles. The van der Waals surface area contributed by atoms with Crippen molar-refractivity contribution < 1.29 is 4.79 Å². The van der Waals surface area contributed by atoms with E-state index < -0.39 is 0 Å². The summed E-state index contributed by atoms with van der Waals surface area (Å²) in [5.41, 5.74) is 3.17. The molecule has 0 aliphatic heterocycles. The summed E-state index contributed by atoms with van der Waals surface area (Å²) >= 11 is 6.02. The molecule has 0 N–H and O–H groups in total. The first-order valence-corrected chi connectivity index (χ1v) is 8.94. The maximum Gasteiger partial charge on any atom is 0.230 e. The summed E-state index contributed by atoms with van der Waals surface area (Å²) in [6.07, 6.45) is 4.14. The Balaban J connectivity index is 1.83. The van der Waals surface area contributed by atoms with Crippen LogP contribution in [0.2, 0.25) is 5.02 Å². The fraction of sp³-hybridized carbons (Fsp3) is 0.182. The fourth-order valence-corrected chi connectivity index (χ4v) is 3.12. The number of aromatic nitrogens is 1. The van der Waals surface area contributed by atoms with Gasteiger partial charge in [-0.15, -0.1) is 0 Å². The average molecular weight is 365 g/mol. The molecule has 26 heavy (non-hydrogen) atoms. The van der Waals surface area contributed by atoms with Crippen LogP contribution >= 0.6 is 11.6 Å². The van der Waals surface area contributed by atoms with Crippen molar-refractivity contribution in [3.05, 3.63) is 101 Å².